The lowest BCUT2D eigenvalue weighted by Crippen LogP contribution is -2.37. The van der Waals surface area contributed by atoms with Crippen molar-refractivity contribution in [3.63, 3.8) is 0 Å². The zero-order chi connectivity index (χ0) is 58.4. The van der Waals surface area contributed by atoms with E-state index in [1.807, 2.05) is 21.1 Å². The first kappa shape index (κ1) is 75.6. The lowest BCUT2D eigenvalue weighted by molar-refractivity contribution is -0.870. The van der Waals surface area contributed by atoms with E-state index in [2.05, 4.69) is 172 Å². The van der Waals surface area contributed by atoms with E-state index >= 15 is 0 Å². The van der Waals surface area contributed by atoms with Crippen LogP contribution in [-0.2, 0) is 32.7 Å². The van der Waals surface area contributed by atoms with Crippen LogP contribution >= 0.6 is 7.82 Å². The Morgan fingerprint density at radius 3 is 1.01 bits per heavy atom. The van der Waals surface area contributed by atoms with Crippen LogP contribution in [0.15, 0.2) is 158 Å². The smallest absolute Gasteiger partial charge is 0.462 e. The van der Waals surface area contributed by atoms with E-state index in [-0.39, 0.29) is 32.0 Å². The van der Waals surface area contributed by atoms with E-state index < -0.39 is 26.5 Å². The number of phosphoric ester groups is 1. The van der Waals surface area contributed by atoms with Crippen molar-refractivity contribution in [1.82, 2.24) is 0 Å². The number of nitrogens with zero attached hydrogens (tertiary/aromatic N) is 1. The Balaban J connectivity index is 4.26. The summed E-state index contributed by atoms with van der Waals surface area (Å²) in [5.41, 5.74) is 0. The zero-order valence-corrected chi connectivity index (χ0v) is 52.1. The number of esters is 2. The summed E-state index contributed by atoms with van der Waals surface area (Å²) in [6.07, 6.45) is 88.9. The summed E-state index contributed by atoms with van der Waals surface area (Å²) < 4.78 is 34.6. The Labute approximate surface area is 490 Å². The Bertz CT molecular complexity index is 1900. The minimum atomic E-state index is -4.41. The predicted octanol–water partition coefficient (Wildman–Crippen LogP) is 20.0. The molecule has 2 unspecified atom stereocenters. The molecule has 0 amide bonds. The van der Waals surface area contributed by atoms with Crippen LogP contribution in [0.3, 0.4) is 0 Å². The Kier molecular flexibility index (Phi) is 56.0. The van der Waals surface area contributed by atoms with Crippen molar-refractivity contribution in [1.29, 1.82) is 0 Å². The largest absolute Gasteiger partial charge is 0.472 e. The molecule has 1 N–H and O–H groups in total. The summed E-state index contributed by atoms with van der Waals surface area (Å²) in [5, 5.41) is 0. The van der Waals surface area contributed by atoms with E-state index in [1.165, 1.54) is 57.8 Å². The first-order valence-corrected chi connectivity index (χ1v) is 32.7. The molecule has 10 heteroatoms. The third-order valence-corrected chi connectivity index (χ3v) is 13.5. The third kappa shape index (κ3) is 62.8. The van der Waals surface area contributed by atoms with E-state index in [0.717, 1.165) is 128 Å². The maximum absolute atomic E-state index is 12.8. The monoisotopic (exact) mass is 1130 g/mol. The van der Waals surface area contributed by atoms with Gasteiger partial charge in [0.1, 0.15) is 19.8 Å². The molecule has 0 aliphatic heterocycles. The Morgan fingerprint density at radius 1 is 0.388 bits per heavy atom. The third-order valence-electron chi connectivity index (χ3n) is 12.6. The highest BCUT2D eigenvalue weighted by Crippen LogP contribution is 2.43. The van der Waals surface area contributed by atoms with Gasteiger partial charge in [0.15, 0.2) is 6.10 Å². The molecule has 80 heavy (non-hydrogen) atoms. The predicted molar refractivity (Wildman–Crippen MR) is 343 cm³/mol. The SMILES string of the molecule is CC/C=C\C/C=C\C/C=C\C/C=C\C/C=C\C/C=C\C/C=C\C/C=C\C/C=C\CCCCCC(=O)OC(COC(=O)CCCCCCCCCCCCCC/C=C\C/C=C\C/C=C\C/C=C\CC)COP(=O)(O)OCC[N+](C)(C)C. The standard InChI is InChI=1S/C70H114NO8P/c1-6-8-10-12-14-16-18-20-22-24-26-28-30-32-33-34-35-36-37-39-41-43-45-47-49-51-53-55-57-59-61-63-70(73)79-68(67-78-80(74,75)77-65-64-71(3,4)5)66-76-69(72)62-60-58-56-54-52-50-48-46-44-42-40-38-31-29-27-25-23-21-19-17-15-13-11-9-7-2/h8-11,14-17,20-23,26-29,32-33,35-36,39,41,45,47,51,53,68H,6-7,12-13,18-19,24-25,30-31,34,37-38,40,42-44,46,48-50,52,54-67H2,1-5H3/p+1/b10-8-,11-9-,16-14-,17-15-,22-20-,23-21-,28-26-,29-27-,33-32-,36-35-,41-39-,47-45-,53-51-. The maximum atomic E-state index is 12.8. The Morgan fingerprint density at radius 2 is 0.675 bits per heavy atom. The fourth-order valence-corrected chi connectivity index (χ4v) is 8.56. The summed E-state index contributed by atoms with van der Waals surface area (Å²) in [6, 6.07) is 0. The van der Waals surface area contributed by atoms with Gasteiger partial charge in [-0.25, -0.2) is 4.57 Å². The average Bonchev–Trinajstić information content (AvgIpc) is 3.42. The van der Waals surface area contributed by atoms with Gasteiger partial charge in [-0.15, -0.1) is 0 Å². The number of quaternary nitrogens is 1. The van der Waals surface area contributed by atoms with Gasteiger partial charge >= 0.3 is 19.8 Å². The topological polar surface area (TPSA) is 108 Å². The molecule has 0 rings (SSSR count). The van der Waals surface area contributed by atoms with Gasteiger partial charge in [0, 0.05) is 12.8 Å². The average molecular weight is 1130 g/mol. The lowest BCUT2D eigenvalue weighted by atomic mass is 10.0. The molecule has 0 bridgehead atoms. The number of hydrogen-bond donors (Lipinski definition) is 1. The molecule has 2 atom stereocenters. The van der Waals surface area contributed by atoms with E-state index in [0.29, 0.717) is 17.4 Å². The molecule has 0 aromatic heterocycles. The molecule has 0 saturated carbocycles. The number of hydrogen-bond acceptors (Lipinski definition) is 7. The van der Waals surface area contributed by atoms with Crippen LogP contribution < -0.4 is 0 Å². The fourth-order valence-electron chi connectivity index (χ4n) is 7.82. The minimum absolute atomic E-state index is 0.0155. The first-order chi connectivity index (χ1) is 39.0. The van der Waals surface area contributed by atoms with Crippen molar-refractivity contribution in [2.24, 2.45) is 0 Å². The molecule has 0 spiro atoms. The number of allylic oxidation sites excluding steroid dienone is 26. The van der Waals surface area contributed by atoms with Gasteiger partial charge in [-0.1, -0.05) is 242 Å². The van der Waals surface area contributed by atoms with Crippen molar-refractivity contribution in [3.8, 4) is 0 Å². The molecule has 0 aromatic carbocycles. The maximum Gasteiger partial charge on any atom is 0.472 e. The summed E-state index contributed by atoms with van der Waals surface area (Å²) in [5.74, 6) is -0.849. The summed E-state index contributed by atoms with van der Waals surface area (Å²) >= 11 is 0. The Hall–Kier alpha value is -4.37. The number of carbonyl (C=O) groups excluding carboxylic acids is 2. The number of carbonyl (C=O) groups is 2. The van der Waals surface area contributed by atoms with Gasteiger partial charge in [-0.05, 0) is 122 Å². The van der Waals surface area contributed by atoms with Crippen LogP contribution in [0.4, 0.5) is 0 Å². The summed E-state index contributed by atoms with van der Waals surface area (Å²) in [6.45, 7) is 4.15. The van der Waals surface area contributed by atoms with Gasteiger partial charge in [-0.2, -0.15) is 0 Å². The van der Waals surface area contributed by atoms with Crippen LogP contribution in [0, 0.1) is 0 Å². The van der Waals surface area contributed by atoms with E-state index in [1.54, 1.807) is 0 Å². The van der Waals surface area contributed by atoms with Gasteiger partial charge in [0.05, 0.1) is 27.7 Å². The molecule has 0 fully saturated rings. The fraction of sp³-hybridized carbons (Fsp3) is 0.600. The van der Waals surface area contributed by atoms with Gasteiger partial charge in [0.2, 0.25) is 0 Å². The molecule has 0 heterocycles. The van der Waals surface area contributed by atoms with Crippen LogP contribution in [-0.4, -0.2) is 74.9 Å². The highest BCUT2D eigenvalue weighted by Gasteiger charge is 2.27. The minimum Gasteiger partial charge on any atom is -0.462 e. The molecule has 0 aromatic rings. The summed E-state index contributed by atoms with van der Waals surface area (Å²) in [7, 11) is 1.43. The zero-order valence-electron chi connectivity index (χ0n) is 51.2. The number of likely N-dealkylation sites (N-methyl/N-ethyl adjacent to an activating group) is 1. The van der Waals surface area contributed by atoms with Crippen molar-refractivity contribution in [2.75, 3.05) is 47.5 Å². The van der Waals surface area contributed by atoms with Crippen LogP contribution in [0.5, 0.6) is 0 Å². The van der Waals surface area contributed by atoms with Crippen LogP contribution in [0.1, 0.15) is 219 Å². The second-order valence-corrected chi connectivity index (χ2v) is 22.8. The number of unbranched alkanes of at least 4 members (excludes halogenated alkanes) is 15. The molecule has 0 aliphatic rings. The van der Waals surface area contributed by atoms with Crippen molar-refractivity contribution < 1.29 is 42.1 Å². The van der Waals surface area contributed by atoms with E-state index in [4.69, 9.17) is 18.5 Å². The normalized spacial score (nSPS) is 14.3. The van der Waals surface area contributed by atoms with Crippen LogP contribution in [0.2, 0.25) is 0 Å². The van der Waals surface area contributed by atoms with Crippen LogP contribution in [0.25, 0.3) is 0 Å². The van der Waals surface area contributed by atoms with Gasteiger partial charge in [0.25, 0.3) is 0 Å². The second-order valence-electron chi connectivity index (χ2n) is 21.3. The summed E-state index contributed by atoms with van der Waals surface area (Å²) in [4.78, 5) is 35.8. The number of rotatable bonds is 55. The molecular formula is C70H115NO8P+. The molecular weight excluding hydrogens is 1010 g/mol. The van der Waals surface area contributed by atoms with Gasteiger partial charge in [-0.3, -0.25) is 18.6 Å². The number of ether oxygens (including phenoxy) is 2. The molecule has 0 aliphatic carbocycles. The highest BCUT2D eigenvalue weighted by molar-refractivity contribution is 7.47. The molecule has 452 valence electrons. The van der Waals surface area contributed by atoms with Gasteiger partial charge < -0.3 is 18.9 Å². The second kappa shape index (κ2) is 59.3. The first-order valence-electron chi connectivity index (χ1n) is 31.2. The van der Waals surface area contributed by atoms with Crippen molar-refractivity contribution >= 4 is 19.8 Å². The van der Waals surface area contributed by atoms with E-state index in [9.17, 15) is 19.0 Å². The van der Waals surface area contributed by atoms with Crippen molar-refractivity contribution in [3.05, 3.63) is 158 Å². The molecule has 0 saturated heterocycles. The van der Waals surface area contributed by atoms with Crippen molar-refractivity contribution in [2.45, 2.75) is 225 Å². The quantitative estimate of drug-likeness (QED) is 0.0211. The molecule has 0 radical (unpaired) electrons. The number of phosphoric acid groups is 1. The lowest BCUT2D eigenvalue weighted by Gasteiger charge is -2.24. The highest BCUT2D eigenvalue weighted by atomic mass is 31.2. The molecule has 9 nitrogen and oxygen atoms in total.